The Morgan fingerprint density at radius 1 is 1.22 bits per heavy atom. The molecule has 0 N–H and O–H groups in total. The summed E-state index contributed by atoms with van der Waals surface area (Å²) in [6, 6.07) is 13.6. The topological polar surface area (TPSA) is 64.2 Å². The third-order valence-corrected chi connectivity index (χ3v) is 5.59. The first kappa shape index (κ1) is 17.6. The van der Waals surface area contributed by atoms with E-state index in [1.54, 1.807) is 11.3 Å². The lowest BCUT2D eigenvalue weighted by atomic mass is 10.2. The van der Waals surface area contributed by atoms with Gasteiger partial charge in [0.05, 0.1) is 16.3 Å². The largest absolute Gasteiger partial charge is 0.438 e. The van der Waals surface area contributed by atoms with Crippen molar-refractivity contribution in [2.45, 2.75) is 19.6 Å². The highest BCUT2D eigenvalue weighted by molar-refractivity contribution is 7.18. The minimum atomic E-state index is -0.558. The minimum absolute atomic E-state index is 0.000251. The molecule has 138 valence electrons. The predicted octanol–water partition coefficient (Wildman–Crippen LogP) is 3.90. The molecule has 4 rings (SSSR count). The van der Waals surface area contributed by atoms with Crippen LogP contribution < -0.4 is 5.76 Å². The molecule has 0 fully saturated rings. The summed E-state index contributed by atoms with van der Waals surface area (Å²) in [5.41, 5.74) is 1.52. The van der Waals surface area contributed by atoms with Gasteiger partial charge in [-0.25, -0.2) is 14.2 Å². The normalized spacial score (nSPS) is 12.7. The van der Waals surface area contributed by atoms with Gasteiger partial charge in [0, 0.05) is 5.56 Å². The first-order valence-electron chi connectivity index (χ1n) is 8.41. The van der Waals surface area contributed by atoms with Crippen molar-refractivity contribution in [2.75, 3.05) is 7.05 Å². The molecule has 0 saturated carbocycles. The number of halogens is 1. The molecule has 6 nitrogen and oxygen atoms in total. The Morgan fingerprint density at radius 3 is 2.70 bits per heavy atom. The van der Waals surface area contributed by atoms with Crippen LogP contribution in [0.2, 0.25) is 0 Å². The van der Waals surface area contributed by atoms with Gasteiger partial charge in [-0.05, 0) is 50.4 Å². The van der Waals surface area contributed by atoms with Crippen LogP contribution in [0, 0.1) is 5.82 Å². The van der Waals surface area contributed by atoms with Crippen molar-refractivity contribution >= 4 is 21.6 Å². The summed E-state index contributed by atoms with van der Waals surface area (Å²) in [4.78, 5) is 18.8. The van der Waals surface area contributed by atoms with E-state index in [9.17, 15) is 9.18 Å². The summed E-state index contributed by atoms with van der Waals surface area (Å²) in [6.07, 6.45) is 0. The minimum Gasteiger partial charge on any atom is -0.388 e. The third-order valence-electron chi connectivity index (χ3n) is 4.38. The van der Waals surface area contributed by atoms with Gasteiger partial charge in [-0.15, -0.1) is 16.4 Å². The molecule has 0 aliphatic rings. The number of aromatic nitrogens is 3. The van der Waals surface area contributed by atoms with E-state index in [4.69, 9.17) is 4.42 Å². The van der Waals surface area contributed by atoms with Crippen molar-refractivity contribution in [3.05, 3.63) is 69.9 Å². The molecule has 27 heavy (non-hydrogen) atoms. The summed E-state index contributed by atoms with van der Waals surface area (Å²) in [5.74, 6) is -0.747. The molecular weight excluding hydrogens is 367 g/mol. The van der Waals surface area contributed by atoms with Crippen LogP contribution in [-0.2, 0) is 6.67 Å². The van der Waals surface area contributed by atoms with Gasteiger partial charge in [-0.3, -0.25) is 4.90 Å². The van der Waals surface area contributed by atoms with Gasteiger partial charge in [0.15, 0.2) is 0 Å². The molecular formula is C19H17FN4O2S. The van der Waals surface area contributed by atoms with Crippen molar-refractivity contribution in [1.82, 2.24) is 19.7 Å². The molecule has 0 saturated heterocycles. The Balaban J connectivity index is 1.54. The maximum absolute atomic E-state index is 13.1. The fraction of sp³-hybridized carbons (Fsp3) is 0.211. The average molecular weight is 384 g/mol. The molecule has 0 spiro atoms. The van der Waals surface area contributed by atoms with E-state index in [0.717, 1.165) is 15.2 Å². The second kappa shape index (κ2) is 7.05. The fourth-order valence-corrected chi connectivity index (χ4v) is 3.78. The third kappa shape index (κ3) is 3.54. The quantitative estimate of drug-likeness (QED) is 0.522. The van der Waals surface area contributed by atoms with Gasteiger partial charge < -0.3 is 4.42 Å². The number of hydrogen-bond acceptors (Lipinski definition) is 6. The molecule has 0 amide bonds. The zero-order chi connectivity index (χ0) is 19.0. The Kier molecular flexibility index (Phi) is 4.59. The maximum Gasteiger partial charge on any atom is 0.438 e. The summed E-state index contributed by atoms with van der Waals surface area (Å²) in [6.45, 7) is 2.28. The van der Waals surface area contributed by atoms with E-state index in [0.29, 0.717) is 5.56 Å². The molecule has 2 aromatic carbocycles. The van der Waals surface area contributed by atoms with Crippen LogP contribution in [0.1, 0.15) is 18.0 Å². The van der Waals surface area contributed by atoms with E-state index < -0.39 is 5.76 Å². The Labute approximate surface area is 158 Å². The second-order valence-electron chi connectivity index (χ2n) is 6.27. The predicted molar refractivity (Wildman–Crippen MR) is 102 cm³/mol. The van der Waals surface area contributed by atoms with Crippen LogP contribution in [0.3, 0.4) is 0 Å². The van der Waals surface area contributed by atoms with E-state index in [2.05, 4.69) is 10.1 Å². The standard InChI is InChI=1S/C19H17FN4O2S/c1-12(18-21-15-5-3-4-6-16(15)27-18)23(2)11-24-19(25)26-17(22-24)13-7-9-14(20)10-8-13/h3-10,12H,11H2,1-2H3. The maximum atomic E-state index is 13.1. The van der Waals surface area contributed by atoms with Gasteiger partial charge in [0.25, 0.3) is 0 Å². The van der Waals surface area contributed by atoms with Crippen LogP contribution >= 0.6 is 11.3 Å². The molecule has 8 heteroatoms. The molecule has 1 unspecified atom stereocenters. The van der Waals surface area contributed by atoms with E-state index in [-0.39, 0.29) is 24.4 Å². The van der Waals surface area contributed by atoms with Crippen molar-refractivity contribution < 1.29 is 8.81 Å². The number of benzene rings is 2. The Morgan fingerprint density at radius 2 is 1.96 bits per heavy atom. The highest BCUT2D eigenvalue weighted by Gasteiger charge is 2.19. The van der Waals surface area contributed by atoms with Gasteiger partial charge in [-0.1, -0.05) is 12.1 Å². The molecule has 4 aromatic rings. The lowest BCUT2D eigenvalue weighted by Gasteiger charge is -2.21. The van der Waals surface area contributed by atoms with Gasteiger partial charge in [0.2, 0.25) is 5.89 Å². The number of hydrogen-bond donors (Lipinski definition) is 0. The molecule has 0 radical (unpaired) electrons. The van der Waals surface area contributed by atoms with Crippen molar-refractivity contribution in [2.24, 2.45) is 0 Å². The molecule has 0 aliphatic heterocycles. The van der Waals surface area contributed by atoms with Gasteiger partial charge in [-0.2, -0.15) is 4.68 Å². The highest BCUT2D eigenvalue weighted by Crippen LogP contribution is 2.28. The SMILES string of the molecule is CC(c1nc2ccccc2s1)N(C)Cn1nc(-c2ccc(F)cc2)oc1=O. The number of nitrogens with zero attached hydrogens (tertiary/aromatic N) is 4. The summed E-state index contributed by atoms with van der Waals surface area (Å²) < 4.78 is 20.6. The lowest BCUT2D eigenvalue weighted by Crippen LogP contribution is -2.30. The first-order valence-corrected chi connectivity index (χ1v) is 9.22. The summed E-state index contributed by atoms with van der Waals surface area (Å²) in [5, 5.41) is 5.19. The van der Waals surface area contributed by atoms with Crippen LogP contribution in [-0.4, -0.2) is 26.7 Å². The number of fused-ring (bicyclic) bond motifs is 1. The highest BCUT2D eigenvalue weighted by atomic mass is 32.1. The van der Waals surface area contributed by atoms with Crippen LogP contribution in [0.25, 0.3) is 21.7 Å². The first-order chi connectivity index (χ1) is 13.0. The van der Waals surface area contributed by atoms with Crippen LogP contribution in [0.15, 0.2) is 57.7 Å². The summed E-state index contributed by atoms with van der Waals surface area (Å²) >= 11 is 1.63. The van der Waals surface area contributed by atoms with Crippen molar-refractivity contribution in [1.29, 1.82) is 0 Å². The molecule has 0 bridgehead atoms. The molecule has 2 heterocycles. The Hall–Kier alpha value is -2.84. The van der Waals surface area contributed by atoms with Crippen LogP contribution in [0.5, 0.6) is 0 Å². The molecule has 1 atom stereocenters. The summed E-state index contributed by atoms with van der Waals surface area (Å²) in [7, 11) is 1.90. The van der Waals surface area contributed by atoms with Gasteiger partial charge >= 0.3 is 5.76 Å². The lowest BCUT2D eigenvalue weighted by molar-refractivity contribution is 0.189. The van der Waals surface area contributed by atoms with E-state index in [1.165, 1.54) is 28.9 Å². The van der Waals surface area contributed by atoms with E-state index in [1.807, 2.05) is 43.1 Å². The number of thiazole rings is 1. The van der Waals surface area contributed by atoms with E-state index >= 15 is 0 Å². The number of para-hydroxylation sites is 1. The van der Waals surface area contributed by atoms with Crippen molar-refractivity contribution in [3.63, 3.8) is 0 Å². The van der Waals surface area contributed by atoms with Gasteiger partial charge in [0.1, 0.15) is 17.5 Å². The molecule has 0 aliphatic carbocycles. The molecule has 2 aromatic heterocycles. The zero-order valence-electron chi connectivity index (χ0n) is 14.8. The smallest absolute Gasteiger partial charge is 0.388 e. The average Bonchev–Trinajstić information content (AvgIpc) is 3.25. The monoisotopic (exact) mass is 384 g/mol. The zero-order valence-corrected chi connectivity index (χ0v) is 15.6. The second-order valence-corrected chi connectivity index (χ2v) is 7.34. The number of rotatable bonds is 5. The fourth-order valence-electron chi connectivity index (χ4n) is 2.70. The Bertz CT molecular complexity index is 1100. The van der Waals surface area contributed by atoms with Crippen molar-refractivity contribution in [3.8, 4) is 11.5 Å². The van der Waals surface area contributed by atoms with Crippen LogP contribution in [0.4, 0.5) is 4.39 Å².